The third-order valence-corrected chi connectivity index (χ3v) is 5.01. The second kappa shape index (κ2) is 7.97. The number of H-pyrrole nitrogens is 1. The van der Waals surface area contributed by atoms with Gasteiger partial charge in [-0.1, -0.05) is 18.7 Å². The molecule has 32 heavy (non-hydrogen) atoms. The number of hydrogen-bond acceptors (Lipinski definition) is 5. The lowest BCUT2D eigenvalue weighted by Crippen LogP contribution is -2.22. The minimum Gasteiger partial charge on any atom is -0.361 e. The topological polar surface area (TPSA) is 95.5 Å². The van der Waals surface area contributed by atoms with Crippen molar-refractivity contribution in [2.45, 2.75) is 19.3 Å². The van der Waals surface area contributed by atoms with Gasteiger partial charge in [0.25, 0.3) is 5.82 Å². The summed E-state index contributed by atoms with van der Waals surface area (Å²) in [4.78, 5) is 22.7. The molecule has 0 fully saturated rings. The zero-order valence-corrected chi connectivity index (χ0v) is 17.1. The Morgan fingerprint density at radius 1 is 0.938 bits per heavy atom. The predicted octanol–water partition coefficient (Wildman–Crippen LogP) is 4.96. The van der Waals surface area contributed by atoms with Crippen molar-refractivity contribution in [2.75, 3.05) is 0 Å². The lowest BCUT2D eigenvalue weighted by Gasteiger charge is -2.24. The molecule has 4 aromatic heterocycles. The molecule has 0 aromatic carbocycles. The Bertz CT molecular complexity index is 1380. The van der Waals surface area contributed by atoms with Crippen molar-refractivity contribution < 1.29 is 8.78 Å². The second-order valence-corrected chi connectivity index (χ2v) is 7.42. The maximum Gasteiger partial charge on any atom is 0.266 e. The van der Waals surface area contributed by atoms with Gasteiger partial charge in [0.1, 0.15) is 11.8 Å². The van der Waals surface area contributed by atoms with Crippen molar-refractivity contribution in [2.24, 2.45) is 0 Å². The maximum absolute atomic E-state index is 14.2. The van der Waals surface area contributed by atoms with Gasteiger partial charge in [0.05, 0.1) is 22.6 Å². The van der Waals surface area contributed by atoms with Crippen LogP contribution in [0.5, 0.6) is 0 Å². The molecule has 0 aliphatic heterocycles. The second-order valence-electron chi connectivity index (χ2n) is 7.42. The van der Waals surface area contributed by atoms with Crippen LogP contribution in [-0.4, -0.2) is 24.9 Å². The van der Waals surface area contributed by atoms with Gasteiger partial charge in [-0.15, -0.1) is 0 Å². The zero-order chi connectivity index (χ0) is 22.9. The largest absolute Gasteiger partial charge is 0.361 e. The van der Waals surface area contributed by atoms with E-state index in [1.165, 1.54) is 6.07 Å². The van der Waals surface area contributed by atoms with E-state index in [9.17, 15) is 8.78 Å². The summed E-state index contributed by atoms with van der Waals surface area (Å²) in [6.45, 7) is 11.0. The Labute approximate surface area is 182 Å². The van der Waals surface area contributed by atoms with Gasteiger partial charge in [-0.05, 0) is 50.2 Å². The third kappa shape index (κ3) is 3.68. The number of aromatic nitrogens is 5. The minimum atomic E-state index is -0.936. The fraction of sp³-hybridized carbons (Fsp3) is 0.130. The Kier molecular flexibility index (Phi) is 5.17. The molecule has 0 radical (unpaired) electrons. The average molecular weight is 427 g/mol. The van der Waals surface area contributed by atoms with E-state index in [1.807, 2.05) is 26.0 Å². The lowest BCUT2D eigenvalue weighted by molar-refractivity contribution is 0.514. The molecule has 0 unspecified atom stereocenters. The van der Waals surface area contributed by atoms with E-state index in [4.69, 9.17) is 11.8 Å². The Balaban J connectivity index is 1.75. The first-order valence-electron chi connectivity index (χ1n) is 9.49. The molecule has 0 aliphatic rings. The average Bonchev–Trinajstić information content (AvgIpc) is 3.23. The molecule has 0 atom stereocenters. The summed E-state index contributed by atoms with van der Waals surface area (Å²) < 4.78 is 27.3. The molecule has 7 nitrogen and oxygen atoms in total. The van der Waals surface area contributed by atoms with Gasteiger partial charge in [0.2, 0.25) is 17.7 Å². The van der Waals surface area contributed by atoms with Crippen LogP contribution >= 0.6 is 0 Å². The van der Waals surface area contributed by atoms with E-state index in [0.29, 0.717) is 28.6 Å². The SMILES string of the molecule is [C-]#[N+]c1[nH]c(-c2cccc(C(C)(C)c3cccc(-c4ccc(F)nc4F)n3)n2)nc1C#N. The Morgan fingerprint density at radius 3 is 2.19 bits per heavy atom. The highest BCUT2D eigenvalue weighted by Crippen LogP contribution is 2.32. The number of nitrogens with one attached hydrogen (secondary N) is 1. The van der Waals surface area contributed by atoms with E-state index in [2.05, 4.69) is 29.8 Å². The smallest absolute Gasteiger partial charge is 0.266 e. The summed E-state index contributed by atoms with van der Waals surface area (Å²) in [5, 5.41) is 9.14. The summed E-state index contributed by atoms with van der Waals surface area (Å²) in [5.74, 6) is -1.47. The number of nitrogens with zero attached hydrogens (tertiary/aromatic N) is 6. The highest BCUT2D eigenvalue weighted by atomic mass is 19.1. The van der Waals surface area contributed by atoms with Gasteiger partial charge in [-0.25, -0.2) is 9.97 Å². The first-order chi connectivity index (χ1) is 15.3. The molecular formula is C23H15F2N7. The van der Waals surface area contributed by atoms with Crippen molar-refractivity contribution >= 4 is 5.82 Å². The summed E-state index contributed by atoms with van der Waals surface area (Å²) in [6, 6.07) is 14.8. The quantitative estimate of drug-likeness (QED) is 0.367. The Hall–Kier alpha value is -4.50. The number of aromatic amines is 1. The molecule has 1 N–H and O–H groups in total. The molecule has 0 saturated carbocycles. The van der Waals surface area contributed by atoms with E-state index in [-0.39, 0.29) is 17.1 Å². The van der Waals surface area contributed by atoms with Gasteiger partial charge in [-0.2, -0.15) is 19.0 Å². The summed E-state index contributed by atoms with van der Waals surface area (Å²) >= 11 is 0. The van der Waals surface area contributed by atoms with Crippen LogP contribution < -0.4 is 0 Å². The van der Waals surface area contributed by atoms with Crippen molar-refractivity contribution in [1.82, 2.24) is 24.9 Å². The number of pyridine rings is 3. The van der Waals surface area contributed by atoms with Gasteiger partial charge in [0.15, 0.2) is 5.69 Å². The zero-order valence-electron chi connectivity index (χ0n) is 17.1. The Morgan fingerprint density at radius 2 is 1.59 bits per heavy atom. The maximum atomic E-state index is 14.2. The van der Waals surface area contributed by atoms with Gasteiger partial charge in [-0.3, -0.25) is 9.97 Å². The molecule has 4 aromatic rings. The molecule has 156 valence electrons. The first-order valence-corrected chi connectivity index (χ1v) is 9.49. The van der Waals surface area contributed by atoms with Crippen LogP contribution in [0.25, 0.3) is 27.6 Å². The van der Waals surface area contributed by atoms with Crippen LogP contribution in [0.3, 0.4) is 0 Å². The highest BCUT2D eigenvalue weighted by molar-refractivity contribution is 5.61. The van der Waals surface area contributed by atoms with Crippen molar-refractivity contribution in [1.29, 1.82) is 5.26 Å². The minimum absolute atomic E-state index is 0.00534. The van der Waals surface area contributed by atoms with Crippen LogP contribution in [0.15, 0.2) is 48.5 Å². The number of rotatable bonds is 4. The normalized spacial score (nSPS) is 11.1. The van der Waals surface area contributed by atoms with Gasteiger partial charge in [0, 0.05) is 5.41 Å². The third-order valence-electron chi connectivity index (χ3n) is 5.01. The molecule has 0 saturated heterocycles. The van der Waals surface area contributed by atoms with Crippen LogP contribution in [0.2, 0.25) is 0 Å². The summed E-state index contributed by atoms with van der Waals surface area (Å²) in [6.07, 6.45) is 0. The molecule has 0 spiro atoms. The molecule has 4 heterocycles. The van der Waals surface area contributed by atoms with E-state index in [0.717, 1.165) is 6.07 Å². The fourth-order valence-electron chi connectivity index (χ4n) is 3.23. The molecular weight excluding hydrogens is 412 g/mol. The first kappa shape index (κ1) is 20.8. The van der Waals surface area contributed by atoms with Gasteiger partial charge >= 0.3 is 0 Å². The standard InChI is InChI=1S/C23H15F2N7/c1-23(2,17-8-4-6-14(28-17)13-10-11-19(24)31-20(13)25)18-9-5-7-15(29-18)22-30-16(12-26)21(27-3)32-22/h4-11H,1-2H3,(H,30,32). The molecule has 4 rings (SSSR count). The summed E-state index contributed by atoms with van der Waals surface area (Å²) in [5.41, 5.74) is 1.46. The van der Waals surface area contributed by atoms with Crippen LogP contribution in [0.4, 0.5) is 14.6 Å². The monoisotopic (exact) mass is 427 g/mol. The van der Waals surface area contributed by atoms with Crippen LogP contribution in [0, 0.1) is 29.8 Å². The highest BCUT2D eigenvalue weighted by Gasteiger charge is 2.28. The predicted molar refractivity (Wildman–Crippen MR) is 112 cm³/mol. The van der Waals surface area contributed by atoms with Crippen molar-refractivity contribution in [3.63, 3.8) is 0 Å². The van der Waals surface area contributed by atoms with E-state index in [1.54, 1.807) is 30.3 Å². The molecule has 0 amide bonds. The number of imidazole rings is 1. The summed E-state index contributed by atoms with van der Waals surface area (Å²) in [7, 11) is 0. The molecule has 0 aliphatic carbocycles. The molecule has 9 heteroatoms. The fourth-order valence-corrected chi connectivity index (χ4v) is 3.23. The number of nitriles is 1. The van der Waals surface area contributed by atoms with Crippen molar-refractivity contribution in [3.05, 3.63) is 88.9 Å². The van der Waals surface area contributed by atoms with Crippen LogP contribution in [0.1, 0.15) is 30.9 Å². The van der Waals surface area contributed by atoms with E-state index >= 15 is 0 Å². The van der Waals surface area contributed by atoms with Crippen LogP contribution in [-0.2, 0) is 5.41 Å². The number of halogens is 2. The van der Waals surface area contributed by atoms with E-state index < -0.39 is 17.3 Å². The lowest BCUT2D eigenvalue weighted by atomic mass is 9.84. The number of hydrogen-bond donors (Lipinski definition) is 1. The van der Waals surface area contributed by atoms with Gasteiger partial charge < -0.3 is 4.85 Å². The van der Waals surface area contributed by atoms with Crippen molar-refractivity contribution in [3.8, 4) is 28.8 Å². The molecule has 0 bridgehead atoms.